The second kappa shape index (κ2) is 12.4. The number of hydrogen-bond acceptors (Lipinski definition) is 5. The molecule has 0 spiro atoms. The second-order valence-electron chi connectivity index (χ2n) is 14.4. The average molecular weight is 718 g/mol. The molecule has 5 heteroatoms. The van der Waals surface area contributed by atoms with E-state index in [0.717, 1.165) is 37.9 Å². The fraction of sp³-hybridized carbons (Fsp3) is 0.0833. The predicted octanol–water partition coefficient (Wildman–Crippen LogP) is 14.0. The molecule has 0 fully saturated rings. The van der Waals surface area contributed by atoms with E-state index in [1.165, 1.54) is 59.7 Å². The molecule has 254 valence electrons. The Labute approximate surface area is 317 Å². The highest BCUT2D eigenvalue weighted by Gasteiger charge is 2.37. The molecule has 53 heavy (non-hydrogen) atoms. The van der Waals surface area contributed by atoms with Crippen LogP contribution in [0.15, 0.2) is 158 Å². The van der Waals surface area contributed by atoms with Crippen molar-refractivity contribution in [3.05, 3.63) is 174 Å². The number of benzene rings is 7. The molecule has 1 aliphatic heterocycles. The minimum absolute atomic E-state index is 0.271. The van der Waals surface area contributed by atoms with E-state index >= 15 is 0 Å². The topological polar surface area (TPSA) is 29.0 Å². The van der Waals surface area contributed by atoms with Gasteiger partial charge in [-0.25, -0.2) is 9.97 Å². The maximum Gasteiger partial charge on any atom is 0.124 e. The smallest absolute Gasteiger partial charge is 0.124 e. The van der Waals surface area contributed by atoms with Gasteiger partial charge in [0.25, 0.3) is 0 Å². The first-order chi connectivity index (χ1) is 25.9. The number of aromatic nitrogens is 2. The van der Waals surface area contributed by atoms with Gasteiger partial charge in [0, 0.05) is 22.2 Å². The number of hydrogen-bond donors (Lipinski definition) is 0. The van der Waals surface area contributed by atoms with Gasteiger partial charge in [-0.05, 0) is 113 Å². The Balaban J connectivity index is 1.09. The van der Waals surface area contributed by atoms with Gasteiger partial charge in [0.2, 0.25) is 0 Å². The van der Waals surface area contributed by atoms with Crippen molar-refractivity contribution in [1.82, 2.24) is 9.97 Å². The molecule has 10 rings (SSSR count). The molecule has 0 amide bonds. The number of rotatable bonds is 5. The molecule has 0 radical (unpaired) electrons. The molecule has 3 heterocycles. The van der Waals surface area contributed by atoms with Crippen LogP contribution in [0, 0.1) is 6.92 Å². The lowest BCUT2D eigenvalue weighted by Crippen LogP contribution is -2.30. The molecule has 0 saturated heterocycles. The van der Waals surface area contributed by atoms with Crippen molar-refractivity contribution in [1.29, 1.82) is 0 Å². The van der Waals surface area contributed by atoms with Crippen molar-refractivity contribution < 1.29 is 0 Å². The lowest BCUT2D eigenvalue weighted by Gasteiger charge is -2.42. The van der Waals surface area contributed by atoms with Gasteiger partial charge < -0.3 is 4.90 Å². The Kier molecular flexibility index (Phi) is 7.43. The fourth-order valence-electron chi connectivity index (χ4n) is 7.72. The molecule has 0 saturated carbocycles. The number of nitrogens with zero attached hydrogens (tertiary/aromatic N) is 3. The van der Waals surface area contributed by atoms with E-state index in [4.69, 9.17) is 9.97 Å². The van der Waals surface area contributed by atoms with E-state index in [1.54, 1.807) is 22.7 Å². The van der Waals surface area contributed by atoms with Crippen molar-refractivity contribution >= 4 is 60.2 Å². The summed E-state index contributed by atoms with van der Waals surface area (Å²) in [5.74, 6) is 0. The molecule has 3 nitrogen and oxygen atoms in total. The minimum Gasteiger partial charge on any atom is -0.310 e. The van der Waals surface area contributed by atoms with E-state index in [2.05, 4.69) is 183 Å². The summed E-state index contributed by atoms with van der Waals surface area (Å²) in [7, 11) is 0. The van der Waals surface area contributed by atoms with Gasteiger partial charge in [-0.15, -0.1) is 22.7 Å². The summed E-state index contributed by atoms with van der Waals surface area (Å²) >= 11 is 3.49. The van der Waals surface area contributed by atoms with Crippen LogP contribution in [0.3, 0.4) is 0 Å². The highest BCUT2D eigenvalue weighted by Crippen LogP contribution is 2.53. The first-order valence-corrected chi connectivity index (χ1v) is 19.6. The molecule has 1 aliphatic rings. The standard InChI is InChI=1S/C48H35N3S2/c1-30-18-22-37(23-19-30)51-42-24-20-33(31-10-8-12-35(26-31)46-49-40-14-4-6-16-44(40)52-46)28-38(42)48(2,3)39-29-34(21-25-43(39)51)32-11-9-13-36(27-32)47-50-41-15-5-7-17-45(41)53-47/h4-29H,1-3H3. The Hall–Kier alpha value is -5.88. The van der Waals surface area contributed by atoms with Gasteiger partial charge in [0.15, 0.2) is 0 Å². The van der Waals surface area contributed by atoms with Crippen LogP contribution in [-0.4, -0.2) is 9.97 Å². The van der Waals surface area contributed by atoms with Crippen molar-refractivity contribution in [3.8, 4) is 43.4 Å². The van der Waals surface area contributed by atoms with E-state index in [-0.39, 0.29) is 5.41 Å². The number of aryl methyl sites for hydroxylation is 1. The zero-order chi connectivity index (χ0) is 35.7. The van der Waals surface area contributed by atoms with Crippen molar-refractivity contribution in [2.24, 2.45) is 0 Å². The number of anilines is 3. The van der Waals surface area contributed by atoms with Crippen LogP contribution in [0.4, 0.5) is 17.1 Å². The highest BCUT2D eigenvalue weighted by molar-refractivity contribution is 7.22. The zero-order valence-electron chi connectivity index (χ0n) is 29.7. The van der Waals surface area contributed by atoms with E-state index in [9.17, 15) is 0 Å². The summed E-state index contributed by atoms with van der Waals surface area (Å²) in [5, 5.41) is 2.09. The summed E-state index contributed by atoms with van der Waals surface area (Å²) in [4.78, 5) is 12.4. The lowest BCUT2D eigenvalue weighted by atomic mass is 9.72. The van der Waals surface area contributed by atoms with Gasteiger partial charge >= 0.3 is 0 Å². The predicted molar refractivity (Wildman–Crippen MR) is 226 cm³/mol. The summed E-state index contributed by atoms with van der Waals surface area (Å²) in [6.45, 7) is 6.90. The van der Waals surface area contributed by atoms with Crippen molar-refractivity contribution in [2.45, 2.75) is 26.2 Å². The van der Waals surface area contributed by atoms with Crippen LogP contribution in [-0.2, 0) is 5.41 Å². The molecule has 0 unspecified atom stereocenters. The molecular formula is C48H35N3S2. The Morgan fingerprint density at radius 2 is 0.906 bits per heavy atom. The highest BCUT2D eigenvalue weighted by atomic mass is 32.1. The fourth-order valence-corrected chi connectivity index (χ4v) is 9.65. The summed E-state index contributed by atoms with van der Waals surface area (Å²) in [5.41, 5.74) is 16.3. The van der Waals surface area contributed by atoms with Crippen LogP contribution >= 0.6 is 22.7 Å². The van der Waals surface area contributed by atoms with Crippen molar-refractivity contribution in [3.63, 3.8) is 0 Å². The van der Waals surface area contributed by atoms with Crippen LogP contribution in [0.1, 0.15) is 30.5 Å². The maximum atomic E-state index is 4.96. The average Bonchev–Trinajstić information content (AvgIpc) is 3.84. The Morgan fingerprint density at radius 1 is 0.453 bits per heavy atom. The van der Waals surface area contributed by atoms with Gasteiger partial charge in [0.1, 0.15) is 10.0 Å². The van der Waals surface area contributed by atoms with E-state index in [0.29, 0.717) is 0 Å². The molecular weight excluding hydrogens is 683 g/mol. The lowest BCUT2D eigenvalue weighted by molar-refractivity contribution is 0.632. The molecule has 0 atom stereocenters. The van der Waals surface area contributed by atoms with Crippen LogP contribution in [0.5, 0.6) is 0 Å². The summed E-state index contributed by atoms with van der Waals surface area (Å²) < 4.78 is 2.42. The van der Waals surface area contributed by atoms with Crippen LogP contribution in [0.2, 0.25) is 0 Å². The van der Waals surface area contributed by atoms with Gasteiger partial charge in [0.05, 0.1) is 31.8 Å². The number of fused-ring (bicyclic) bond motifs is 4. The third-order valence-corrected chi connectivity index (χ3v) is 12.8. The third-order valence-electron chi connectivity index (χ3n) is 10.6. The van der Waals surface area contributed by atoms with Gasteiger partial charge in [-0.2, -0.15) is 0 Å². The number of para-hydroxylation sites is 2. The van der Waals surface area contributed by atoms with Gasteiger partial charge in [-0.3, -0.25) is 0 Å². The SMILES string of the molecule is Cc1ccc(N2c3ccc(-c4cccc(-c5nc6ccccc6s5)c4)cc3C(C)(C)c3cc(-c4cccc(-c5nc6ccccc6s5)c4)ccc32)cc1. The molecule has 0 aliphatic carbocycles. The van der Waals surface area contributed by atoms with Crippen LogP contribution < -0.4 is 4.90 Å². The molecule has 9 aromatic rings. The summed E-state index contributed by atoms with van der Waals surface area (Å²) in [6.07, 6.45) is 0. The van der Waals surface area contributed by atoms with E-state index in [1.807, 2.05) is 0 Å². The second-order valence-corrected chi connectivity index (χ2v) is 16.5. The quantitative estimate of drug-likeness (QED) is 0.177. The van der Waals surface area contributed by atoms with E-state index < -0.39 is 0 Å². The maximum absolute atomic E-state index is 4.96. The largest absolute Gasteiger partial charge is 0.310 e. The molecule has 0 bridgehead atoms. The molecule has 2 aromatic heterocycles. The minimum atomic E-state index is -0.271. The van der Waals surface area contributed by atoms with Crippen LogP contribution in [0.25, 0.3) is 63.8 Å². The number of thiazole rings is 2. The summed E-state index contributed by atoms with van der Waals surface area (Å²) in [6, 6.07) is 57.3. The first kappa shape index (κ1) is 31.8. The molecule has 0 N–H and O–H groups in total. The first-order valence-electron chi connectivity index (χ1n) is 18.0. The molecule has 7 aromatic carbocycles. The normalized spacial score (nSPS) is 13.3. The zero-order valence-corrected chi connectivity index (χ0v) is 31.3. The third kappa shape index (κ3) is 5.47. The Morgan fingerprint density at radius 3 is 1.40 bits per heavy atom. The van der Waals surface area contributed by atoms with Gasteiger partial charge in [-0.1, -0.05) is 104 Å². The Bertz CT molecular complexity index is 2610. The van der Waals surface area contributed by atoms with Crippen molar-refractivity contribution in [2.75, 3.05) is 4.90 Å². The monoisotopic (exact) mass is 717 g/mol.